The molecule has 0 aromatic carbocycles. The van der Waals surface area contributed by atoms with Crippen molar-refractivity contribution in [1.82, 2.24) is 25.1 Å². The monoisotopic (exact) mass is 314 g/mol. The maximum atomic E-state index is 12.3. The second-order valence-corrected chi connectivity index (χ2v) is 5.93. The molecule has 0 saturated heterocycles. The molecule has 2 aromatic rings. The maximum absolute atomic E-state index is 12.3. The summed E-state index contributed by atoms with van der Waals surface area (Å²) in [4.78, 5) is 21.1. The molecule has 0 aliphatic carbocycles. The Morgan fingerprint density at radius 3 is 2.91 bits per heavy atom. The minimum Gasteiger partial charge on any atom is -0.328 e. The summed E-state index contributed by atoms with van der Waals surface area (Å²) >= 11 is 0. The Bertz CT molecular complexity index is 703. The van der Waals surface area contributed by atoms with Gasteiger partial charge in [-0.3, -0.25) is 5.32 Å². The molecule has 0 bridgehead atoms. The minimum atomic E-state index is -0.262. The molecule has 3 heterocycles. The van der Waals surface area contributed by atoms with Crippen LogP contribution in [0.15, 0.2) is 12.1 Å². The zero-order valence-corrected chi connectivity index (χ0v) is 13.8. The van der Waals surface area contributed by atoms with E-state index in [1.165, 1.54) is 0 Å². The van der Waals surface area contributed by atoms with E-state index < -0.39 is 0 Å². The van der Waals surface area contributed by atoms with Gasteiger partial charge in [-0.1, -0.05) is 6.92 Å². The second-order valence-electron chi connectivity index (χ2n) is 5.93. The van der Waals surface area contributed by atoms with Crippen LogP contribution in [0.3, 0.4) is 0 Å². The van der Waals surface area contributed by atoms with Crippen LogP contribution >= 0.6 is 0 Å². The molecular weight excluding hydrogens is 292 g/mol. The third-order valence-electron chi connectivity index (χ3n) is 3.88. The molecule has 23 heavy (non-hydrogen) atoms. The first-order valence-electron chi connectivity index (χ1n) is 8.01. The van der Waals surface area contributed by atoms with Gasteiger partial charge in [0.25, 0.3) is 0 Å². The van der Waals surface area contributed by atoms with E-state index in [1.54, 1.807) is 0 Å². The van der Waals surface area contributed by atoms with Gasteiger partial charge >= 0.3 is 6.03 Å². The fourth-order valence-corrected chi connectivity index (χ4v) is 2.90. The minimum absolute atomic E-state index is 0.109. The van der Waals surface area contributed by atoms with Gasteiger partial charge < -0.3 is 5.32 Å². The highest BCUT2D eigenvalue weighted by atomic mass is 16.2. The van der Waals surface area contributed by atoms with Crippen LogP contribution in [-0.4, -0.2) is 25.8 Å². The zero-order valence-electron chi connectivity index (χ0n) is 13.8. The Kier molecular flexibility index (Phi) is 4.27. The lowest BCUT2D eigenvalue weighted by molar-refractivity contribution is 0.244. The van der Waals surface area contributed by atoms with Gasteiger partial charge in [0.1, 0.15) is 11.6 Å². The molecule has 7 nitrogen and oxygen atoms in total. The number of carbonyl (C=O) groups is 1. The molecule has 2 amide bonds. The molecule has 122 valence electrons. The molecule has 1 aliphatic rings. The van der Waals surface area contributed by atoms with Gasteiger partial charge in [-0.15, -0.1) is 0 Å². The van der Waals surface area contributed by atoms with Crippen molar-refractivity contribution in [2.75, 3.05) is 5.32 Å². The Morgan fingerprint density at radius 1 is 1.35 bits per heavy atom. The summed E-state index contributed by atoms with van der Waals surface area (Å²) in [6.45, 7) is 6.78. The lowest BCUT2D eigenvalue weighted by Gasteiger charge is -2.23. The number of rotatable bonds is 3. The summed E-state index contributed by atoms with van der Waals surface area (Å²) in [6.07, 6.45) is 2.65. The third kappa shape index (κ3) is 3.49. The van der Waals surface area contributed by atoms with Crippen molar-refractivity contribution in [3.8, 4) is 0 Å². The first-order chi connectivity index (χ1) is 11.0. The third-order valence-corrected chi connectivity index (χ3v) is 3.88. The van der Waals surface area contributed by atoms with Gasteiger partial charge in [0.2, 0.25) is 0 Å². The number of urea groups is 1. The number of fused-ring (bicyclic) bond motifs is 1. The fourth-order valence-electron chi connectivity index (χ4n) is 2.90. The van der Waals surface area contributed by atoms with Crippen LogP contribution in [0.5, 0.6) is 0 Å². The molecule has 2 N–H and O–H groups in total. The van der Waals surface area contributed by atoms with E-state index in [-0.39, 0.29) is 12.1 Å². The Balaban J connectivity index is 1.70. The van der Waals surface area contributed by atoms with Crippen molar-refractivity contribution in [2.45, 2.75) is 52.6 Å². The summed E-state index contributed by atoms with van der Waals surface area (Å²) in [5.74, 6) is 2.23. The van der Waals surface area contributed by atoms with Crippen molar-refractivity contribution in [3.05, 3.63) is 35.0 Å². The number of aryl methyl sites for hydroxylation is 4. The van der Waals surface area contributed by atoms with Gasteiger partial charge in [-0.25, -0.2) is 19.4 Å². The molecule has 0 radical (unpaired) electrons. The van der Waals surface area contributed by atoms with Gasteiger partial charge in [0, 0.05) is 18.7 Å². The predicted octanol–water partition coefficient (Wildman–Crippen LogP) is 2.51. The number of nitrogens with one attached hydrogen (secondary N) is 2. The molecule has 0 fully saturated rings. The molecule has 7 heteroatoms. The number of nitrogens with zero attached hydrogens (tertiary/aromatic N) is 4. The smallest absolute Gasteiger partial charge is 0.320 e. The molecular formula is C16H22N6O. The number of pyridine rings is 1. The Labute approximate surface area is 135 Å². The van der Waals surface area contributed by atoms with E-state index in [0.717, 1.165) is 48.7 Å². The summed E-state index contributed by atoms with van der Waals surface area (Å²) in [5, 5.41) is 10.2. The van der Waals surface area contributed by atoms with Crippen LogP contribution in [0.4, 0.5) is 10.6 Å². The van der Waals surface area contributed by atoms with E-state index in [1.807, 2.05) is 37.6 Å². The van der Waals surface area contributed by atoms with Crippen molar-refractivity contribution >= 4 is 11.8 Å². The maximum Gasteiger partial charge on any atom is 0.320 e. The van der Waals surface area contributed by atoms with E-state index in [4.69, 9.17) is 0 Å². The number of amides is 2. The van der Waals surface area contributed by atoms with E-state index in [2.05, 4.69) is 25.7 Å². The lowest BCUT2D eigenvalue weighted by atomic mass is 10.1. The standard InChI is InChI=1S/C16H22N6O/c1-4-13-19-15-12(6-5-7-22(15)21-13)18-16(23)20-14-9-10(2)8-11(3)17-14/h8-9,12H,4-7H2,1-3H3,(H2,17,18,20,23)/t12-/m0/s1. The Morgan fingerprint density at radius 2 is 2.17 bits per heavy atom. The number of hydrogen-bond donors (Lipinski definition) is 2. The van der Waals surface area contributed by atoms with Crippen molar-refractivity contribution in [2.24, 2.45) is 0 Å². The number of hydrogen-bond acceptors (Lipinski definition) is 4. The summed E-state index contributed by atoms with van der Waals surface area (Å²) in [7, 11) is 0. The number of carbonyl (C=O) groups excluding carboxylic acids is 1. The highest BCUT2D eigenvalue weighted by Crippen LogP contribution is 2.23. The van der Waals surface area contributed by atoms with Crippen molar-refractivity contribution < 1.29 is 4.79 Å². The molecule has 1 atom stereocenters. The fraction of sp³-hybridized carbons (Fsp3) is 0.500. The normalized spacial score (nSPS) is 16.7. The van der Waals surface area contributed by atoms with Crippen LogP contribution in [0.2, 0.25) is 0 Å². The molecule has 3 rings (SSSR count). The largest absolute Gasteiger partial charge is 0.328 e. The van der Waals surface area contributed by atoms with Crippen molar-refractivity contribution in [3.63, 3.8) is 0 Å². The van der Waals surface area contributed by atoms with Gasteiger partial charge in [0.05, 0.1) is 6.04 Å². The molecule has 0 unspecified atom stereocenters. The van der Waals surface area contributed by atoms with Crippen LogP contribution < -0.4 is 10.6 Å². The highest BCUT2D eigenvalue weighted by Gasteiger charge is 2.25. The summed E-state index contributed by atoms with van der Waals surface area (Å²) < 4.78 is 1.91. The average Bonchev–Trinajstić information content (AvgIpc) is 2.90. The van der Waals surface area contributed by atoms with Gasteiger partial charge in [-0.05, 0) is 44.4 Å². The summed E-state index contributed by atoms with van der Waals surface area (Å²) in [6, 6.07) is 3.45. The van der Waals surface area contributed by atoms with Gasteiger partial charge in [-0.2, -0.15) is 5.10 Å². The second kappa shape index (κ2) is 6.36. The predicted molar refractivity (Wildman–Crippen MR) is 87.2 cm³/mol. The highest BCUT2D eigenvalue weighted by molar-refractivity contribution is 5.88. The number of anilines is 1. The first kappa shape index (κ1) is 15.5. The molecule has 0 spiro atoms. The Hall–Kier alpha value is -2.44. The molecule has 2 aromatic heterocycles. The van der Waals surface area contributed by atoms with E-state index >= 15 is 0 Å². The SMILES string of the molecule is CCc1nc2n(n1)CCC[C@@H]2NC(=O)Nc1cc(C)cc(C)n1. The number of aromatic nitrogens is 4. The van der Waals surface area contributed by atoms with Crippen LogP contribution in [0, 0.1) is 13.8 Å². The zero-order chi connectivity index (χ0) is 16.4. The molecule has 0 saturated carbocycles. The average molecular weight is 314 g/mol. The van der Waals surface area contributed by atoms with Gasteiger partial charge in [0.15, 0.2) is 5.82 Å². The van der Waals surface area contributed by atoms with Crippen LogP contribution in [0.1, 0.15) is 48.7 Å². The van der Waals surface area contributed by atoms with Crippen LogP contribution in [0.25, 0.3) is 0 Å². The van der Waals surface area contributed by atoms with Crippen LogP contribution in [-0.2, 0) is 13.0 Å². The topological polar surface area (TPSA) is 84.7 Å². The lowest BCUT2D eigenvalue weighted by Crippen LogP contribution is -2.36. The van der Waals surface area contributed by atoms with Crippen molar-refractivity contribution in [1.29, 1.82) is 0 Å². The van der Waals surface area contributed by atoms with E-state index in [9.17, 15) is 4.79 Å². The van der Waals surface area contributed by atoms with E-state index in [0.29, 0.717) is 5.82 Å². The molecule has 1 aliphatic heterocycles. The first-order valence-corrected chi connectivity index (χ1v) is 8.01. The quantitative estimate of drug-likeness (QED) is 0.911. The summed E-state index contributed by atoms with van der Waals surface area (Å²) in [5.41, 5.74) is 1.95.